The van der Waals surface area contributed by atoms with Crippen LogP contribution in [0.4, 0.5) is 0 Å². The SMILES string of the molecule is CC(=O)O[C@H]1C(=O)[C@@]2(C)C(C(OC(=O)c3ccccc3)[C@]3(O)C[C@H](OC(=O)[C@H](OC(=O)CCC(N)=O)[C@@H](NC(=O)c4ccccc4)c4ccccc4)C(C)=C1C3(C)C)[C@]1(OC(C)=O)CO[C@@H]1C[C@@H]2O. The molecule has 0 spiro atoms. The first-order valence-corrected chi connectivity index (χ1v) is 22.6. The van der Waals surface area contributed by atoms with E-state index in [1.807, 2.05) is 0 Å². The smallest absolute Gasteiger partial charge is 0.350 e. The Kier molecular flexibility index (Phi) is 14.0. The van der Waals surface area contributed by atoms with Crippen LogP contribution in [0.15, 0.2) is 102 Å². The van der Waals surface area contributed by atoms with Crippen molar-refractivity contribution in [2.75, 3.05) is 6.61 Å². The minimum absolute atomic E-state index is 0.0299. The molecule has 3 fully saturated rings. The van der Waals surface area contributed by atoms with E-state index in [1.165, 1.54) is 52.0 Å². The summed E-state index contributed by atoms with van der Waals surface area (Å²) >= 11 is 0. The second-order valence-corrected chi connectivity index (χ2v) is 18.8. The zero-order valence-electron chi connectivity index (χ0n) is 39.0. The van der Waals surface area contributed by atoms with Crippen LogP contribution in [0.1, 0.15) is 99.5 Å². The fraction of sp³-hybridized carbons (Fsp3) is 0.451. The number of nitrogens with two attached hydrogens (primary N) is 1. The van der Waals surface area contributed by atoms with Crippen LogP contribution in [0.2, 0.25) is 0 Å². The molecule has 2 saturated carbocycles. The Labute approximate surface area is 397 Å². The Bertz CT molecular complexity index is 2550. The van der Waals surface area contributed by atoms with Gasteiger partial charge < -0.3 is 49.7 Å². The first-order chi connectivity index (χ1) is 32.6. The van der Waals surface area contributed by atoms with Gasteiger partial charge in [-0.3, -0.25) is 28.8 Å². The van der Waals surface area contributed by atoms with Crippen molar-refractivity contribution in [3.63, 3.8) is 0 Å². The lowest BCUT2D eigenvalue weighted by atomic mass is 9.44. The highest BCUT2D eigenvalue weighted by Crippen LogP contribution is 2.64. The van der Waals surface area contributed by atoms with E-state index in [1.54, 1.807) is 66.7 Å². The Balaban J connectivity index is 1.42. The highest BCUT2D eigenvalue weighted by atomic mass is 16.6. The topological polar surface area (TPSA) is 270 Å². The monoisotopic (exact) mass is 952 g/mol. The average molecular weight is 953 g/mol. The number of benzene rings is 3. The molecule has 0 radical (unpaired) electrons. The van der Waals surface area contributed by atoms with Gasteiger partial charge in [0.15, 0.2) is 17.5 Å². The molecule has 2 amide bonds. The number of fused-ring (bicyclic) bond motifs is 5. The van der Waals surface area contributed by atoms with Crippen LogP contribution in [0.5, 0.6) is 0 Å². The van der Waals surface area contributed by atoms with Crippen molar-refractivity contribution in [2.45, 2.75) is 121 Å². The predicted molar refractivity (Wildman–Crippen MR) is 240 cm³/mol. The van der Waals surface area contributed by atoms with Gasteiger partial charge >= 0.3 is 29.8 Å². The average Bonchev–Trinajstić information content (AvgIpc) is 3.30. The zero-order valence-corrected chi connectivity index (χ0v) is 39.0. The number of hydrogen-bond donors (Lipinski definition) is 4. The molecule has 5 N–H and O–H groups in total. The summed E-state index contributed by atoms with van der Waals surface area (Å²) in [6.45, 7) is 7.75. The summed E-state index contributed by atoms with van der Waals surface area (Å²) in [5, 5.41) is 28.8. The van der Waals surface area contributed by atoms with Gasteiger partial charge in [0.1, 0.15) is 30.0 Å². The maximum atomic E-state index is 15.7. The summed E-state index contributed by atoms with van der Waals surface area (Å²) in [4.78, 5) is 110. The number of esters is 5. The molecular formula is C51H56N2O16. The molecule has 18 heteroatoms. The van der Waals surface area contributed by atoms with Gasteiger partial charge in [-0.15, -0.1) is 0 Å². The lowest BCUT2D eigenvalue weighted by molar-refractivity contribution is -0.346. The molecule has 2 unspecified atom stereocenters. The number of ketones is 1. The summed E-state index contributed by atoms with van der Waals surface area (Å²) in [5.74, 6) is -9.10. The molecule has 18 nitrogen and oxygen atoms in total. The van der Waals surface area contributed by atoms with Crippen LogP contribution >= 0.6 is 0 Å². The normalized spacial score (nSPS) is 29.7. The number of carbonyl (C=O) groups is 8. The third-order valence-corrected chi connectivity index (χ3v) is 14.3. The predicted octanol–water partition coefficient (Wildman–Crippen LogP) is 3.55. The largest absolute Gasteiger partial charge is 0.455 e. The van der Waals surface area contributed by atoms with Crippen molar-refractivity contribution in [1.82, 2.24) is 5.32 Å². The van der Waals surface area contributed by atoms with Gasteiger partial charge in [0.2, 0.25) is 12.0 Å². The van der Waals surface area contributed by atoms with E-state index in [0.717, 1.165) is 13.8 Å². The Morgan fingerprint density at radius 1 is 0.826 bits per heavy atom. The molecule has 0 aromatic heterocycles. The number of ether oxygens (including phenoxy) is 6. The van der Waals surface area contributed by atoms with E-state index in [0.29, 0.717) is 0 Å². The van der Waals surface area contributed by atoms with Gasteiger partial charge in [0.25, 0.3) is 5.91 Å². The molecule has 11 atom stereocenters. The minimum atomic E-state index is -2.49. The molecule has 3 aromatic carbocycles. The van der Waals surface area contributed by atoms with Crippen LogP contribution in [0, 0.1) is 16.7 Å². The van der Waals surface area contributed by atoms with Crippen molar-refractivity contribution in [1.29, 1.82) is 0 Å². The summed E-state index contributed by atoms with van der Waals surface area (Å²) < 4.78 is 36.4. The molecule has 7 rings (SSSR count). The van der Waals surface area contributed by atoms with Crippen LogP contribution in [0.25, 0.3) is 0 Å². The van der Waals surface area contributed by atoms with Crippen LogP contribution < -0.4 is 11.1 Å². The highest BCUT2D eigenvalue weighted by molar-refractivity contribution is 5.96. The number of aliphatic hydroxyl groups excluding tert-OH is 1. The maximum Gasteiger partial charge on any atom is 0.350 e. The zero-order chi connectivity index (χ0) is 50.2. The van der Waals surface area contributed by atoms with Crippen molar-refractivity contribution < 1.29 is 77.0 Å². The molecule has 2 bridgehead atoms. The summed E-state index contributed by atoms with van der Waals surface area (Å²) in [6.07, 6.45) is -12.0. The lowest BCUT2D eigenvalue weighted by Gasteiger charge is -2.67. The fourth-order valence-electron chi connectivity index (χ4n) is 10.7. The number of amides is 2. The second kappa shape index (κ2) is 19.3. The van der Waals surface area contributed by atoms with Crippen molar-refractivity contribution in [2.24, 2.45) is 22.5 Å². The van der Waals surface area contributed by atoms with Gasteiger partial charge in [-0.1, -0.05) is 80.6 Å². The highest BCUT2D eigenvalue weighted by Gasteiger charge is 2.78. The van der Waals surface area contributed by atoms with E-state index < -0.39 is 137 Å². The number of nitrogens with one attached hydrogen (secondary N) is 1. The first-order valence-electron chi connectivity index (χ1n) is 22.6. The third kappa shape index (κ3) is 9.15. The van der Waals surface area contributed by atoms with E-state index in [2.05, 4.69) is 5.32 Å². The first kappa shape index (κ1) is 50.1. The molecule has 3 aliphatic carbocycles. The van der Waals surface area contributed by atoms with Gasteiger partial charge in [-0.25, -0.2) is 9.59 Å². The number of rotatable bonds is 14. The minimum Gasteiger partial charge on any atom is -0.455 e. The summed E-state index contributed by atoms with van der Waals surface area (Å²) in [5.41, 5.74) is -2.31. The number of Topliss-reactive ketones (excluding diaryl/α,β-unsaturated/α-hetero) is 1. The van der Waals surface area contributed by atoms with Gasteiger partial charge in [-0.05, 0) is 54.8 Å². The number of primary amides is 1. The van der Waals surface area contributed by atoms with Gasteiger partial charge in [0.05, 0.1) is 36.0 Å². The quantitative estimate of drug-likeness (QED) is 0.102. The molecule has 3 aromatic rings. The molecule has 1 heterocycles. The Hall–Kier alpha value is -6.76. The van der Waals surface area contributed by atoms with Crippen molar-refractivity contribution in [3.05, 3.63) is 119 Å². The fourth-order valence-corrected chi connectivity index (χ4v) is 10.7. The maximum absolute atomic E-state index is 15.7. The summed E-state index contributed by atoms with van der Waals surface area (Å²) in [6, 6.07) is 22.3. The van der Waals surface area contributed by atoms with Crippen LogP contribution in [0.3, 0.4) is 0 Å². The number of hydrogen-bond acceptors (Lipinski definition) is 16. The Morgan fingerprint density at radius 2 is 1.42 bits per heavy atom. The molecule has 69 heavy (non-hydrogen) atoms. The molecular weight excluding hydrogens is 897 g/mol. The standard InChI is InChI=1S/C51H56N2O16/c1-27-33(66-47(62)41(67-37(58)23-22-36(52)57)39(30-16-10-7-11-17-30)53-45(60)31-18-12-8-13-19-31)25-51(63)44(68-46(61)32-20-14-9-15-21-32)42-49(6,34(56)24-35-50(42,26-64-35)69-29(3)55)43(59)40(65-28(2)54)38(27)48(51,4)5/h7-21,33-35,39-42,44,56,63H,22-26H2,1-6H3,(H2,52,57)(H,53,60)/t33-,34-,35+,39-,40+,41+,42?,44?,49+,50-,51+/m0/s1. The molecule has 366 valence electrons. The Morgan fingerprint density at radius 3 is 1.97 bits per heavy atom. The van der Waals surface area contributed by atoms with Crippen LogP contribution in [-0.2, 0) is 57.2 Å². The second-order valence-electron chi connectivity index (χ2n) is 18.8. The lowest BCUT2D eigenvalue weighted by Crippen LogP contribution is -2.82. The molecule has 1 saturated heterocycles. The van der Waals surface area contributed by atoms with Gasteiger partial charge in [-0.2, -0.15) is 0 Å². The third-order valence-electron chi connectivity index (χ3n) is 14.3. The van der Waals surface area contributed by atoms with Crippen LogP contribution in [-0.4, -0.2) is 112 Å². The molecule has 4 aliphatic rings. The molecule has 1 aliphatic heterocycles. The van der Waals surface area contributed by atoms with Crippen molar-refractivity contribution >= 4 is 47.4 Å². The number of carbonyl (C=O) groups excluding carboxylic acids is 8. The van der Waals surface area contributed by atoms with E-state index in [9.17, 15) is 39.0 Å². The van der Waals surface area contributed by atoms with Gasteiger partial charge in [0, 0.05) is 44.1 Å². The van der Waals surface area contributed by atoms with Crippen molar-refractivity contribution in [3.8, 4) is 0 Å². The van der Waals surface area contributed by atoms with E-state index in [-0.39, 0.29) is 40.9 Å². The number of aliphatic hydroxyl groups is 2. The van der Waals surface area contributed by atoms with E-state index >= 15 is 9.59 Å². The summed E-state index contributed by atoms with van der Waals surface area (Å²) in [7, 11) is 0. The van der Waals surface area contributed by atoms with E-state index in [4.69, 9.17) is 34.2 Å².